The normalized spacial score (nSPS) is 18.1. The van der Waals surface area contributed by atoms with Crippen LogP contribution in [0.5, 0.6) is 0 Å². The number of hydrogen-bond donors (Lipinski definition) is 1. The summed E-state index contributed by atoms with van der Waals surface area (Å²) in [6, 6.07) is 6.49. The van der Waals surface area contributed by atoms with Gasteiger partial charge in [-0.3, -0.25) is 0 Å². The van der Waals surface area contributed by atoms with Gasteiger partial charge in [-0.25, -0.2) is 13.1 Å². The summed E-state index contributed by atoms with van der Waals surface area (Å²) in [6.45, 7) is 0. The van der Waals surface area contributed by atoms with Gasteiger partial charge in [-0.15, -0.1) is 0 Å². The van der Waals surface area contributed by atoms with Crippen LogP contribution in [0, 0.1) is 0 Å². The lowest BCUT2D eigenvalue weighted by molar-refractivity contribution is -0.109. The largest absolute Gasteiger partial charge is 0.302 e. The molecule has 2 rings (SSSR count). The molecule has 86 valence electrons. The minimum absolute atomic E-state index is 0.223. The van der Waals surface area contributed by atoms with Crippen molar-refractivity contribution < 1.29 is 13.2 Å². The van der Waals surface area contributed by atoms with Crippen LogP contribution in [0.1, 0.15) is 18.4 Å². The second-order valence-corrected chi connectivity index (χ2v) is 5.89. The third kappa shape index (κ3) is 1.76. The molecule has 0 atom stereocenters. The van der Waals surface area contributed by atoms with E-state index in [-0.39, 0.29) is 10.3 Å². The average molecular weight is 239 g/mol. The third-order valence-corrected chi connectivity index (χ3v) is 4.45. The number of benzene rings is 1. The van der Waals surface area contributed by atoms with Crippen molar-refractivity contribution in [3.05, 3.63) is 29.8 Å². The summed E-state index contributed by atoms with van der Waals surface area (Å²) in [4.78, 5) is 11.1. The third-order valence-electron chi connectivity index (χ3n) is 3.02. The lowest BCUT2D eigenvalue weighted by Gasteiger charge is -2.08. The fraction of sp³-hybridized carbons (Fsp3) is 0.364. The second-order valence-electron chi connectivity index (χ2n) is 4.01. The van der Waals surface area contributed by atoms with Gasteiger partial charge < -0.3 is 4.79 Å². The maximum absolute atomic E-state index is 11.5. The minimum Gasteiger partial charge on any atom is -0.302 e. The molecule has 1 aliphatic rings. The van der Waals surface area contributed by atoms with E-state index in [4.69, 9.17) is 0 Å². The molecule has 1 N–H and O–H groups in total. The average Bonchev–Trinajstić information content (AvgIpc) is 3.10. The summed E-state index contributed by atoms with van der Waals surface area (Å²) in [5.74, 6) is 0. The van der Waals surface area contributed by atoms with E-state index in [2.05, 4.69) is 4.72 Å². The van der Waals surface area contributed by atoms with Crippen molar-refractivity contribution in [1.29, 1.82) is 0 Å². The standard InChI is InChI=1S/C11H13NO3S/c1-12-16(14,15)10-4-2-9(3-5-10)11(8-13)6-7-11/h2-5,8,12H,6-7H2,1H3. The Kier molecular flexibility index (Phi) is 2.59. The van der Waals surface area contributed by atoms with E-state index >= 15 is 0 Å². The van der Waals surface area contributed by atoms with Gasteiger partial charge in [-0.1, -0.05) is 12.1 Å². The first-order valence-corrected chi connectivity index (χ1v) is 6.53. The molecule has 1 aromatic rings. The smallest absolute Gasteiger partial charge is 0.240 e. The number of hydrogen-bond acceptors (Lipinski definition) is 3. The first-order chi connectivity index (χ1) is 7.54. The van der Waals surface area contributed by atoms with Crippen LogP contribution in [0.15, 0.2) is 29.2 Å². The van der Waals surface area contributed by atoms with Crippen molar-refractivity contribution in [2.24, 2.45) is 0 Å². The van der Waals surface area contributed by atoms with Crippen LogP contribution in [-0.2, 0) is 20.2 Å². The summed E-state index contributed by atoms with van der Waals surface area (Å²) in [6.07, 6.45) is 2.66. The fourth-order valence-corrected chi connectivity index (χ4v) is 2.42. The van der Waals surface area contributed by atoms with E-state index in [9.17, 15) is 13.2 Å². The molecular weight excluding hydrogens is 226 g/mol. The molecule has 1 fully saturated rings. The van der Waals surface area contributed by atoms with Gasteiger partial charge in [0.25, 0.3) is 0 Å². The molecule has 16 heavy (non-hydrogen) atoms. The summed E-state index contributed by atoms with van der Waals surface area (Å²) in [5.41, 5.74) is 0.555. The fourth-order valence-electron chi connectivity index (χ4n) is 1.69. The molecule has 0 saturated heterocycles. The second kappa shape index (κ2) is 3.68. The Hall–Kier alpha value is -1.20. The Labute approximate surface area is 94.7 Å². The number of carbonyl (C=O) groups is 1. The Balaban J connectivity index is 2.34. The molecule has 1 aliphatic carbocycles. The summed E-state index contributed by atoms with van der Waals surface area (Å²) >= 11 is 0. The van der Waals surface area contributed by atoms with Crippen LogP contribution in [-0.4, -0.2) is 21.8 Å². The molecule has 0 aliphatic heterocycles. The van der Waals surface area contributed by atoms with E-state index in [0.29, 0.717) is 0 Å². The highest BCUT2D eigenvalue weighted by atomic mass is 32.2. The predicted octanol–water partition coefficient (Wildman–Crippen LogP) is 0.825. The molecule has 0 radical (unpaired) electrons. The molecule has 4 nitrogen and oxygen atoms in total. The number of nitrogens with one attached hydrogen (secondary N) is 1. The molecule has 1 aromatic carbocycles. The maximum Gasteiger partial charge on any atom is 0.240 e. The van der Waals surface area contributed by atoms with Gasteiger partial charge in [0.2, 0.25) is 10.0 Å². The quantitative estimate of drug-likeness (QED) is 0.791. The van der Waals surface area contributed by atoms with Crippen molar-refractivity contribution in [3.8, 4) is 0 Å². The van der Waals surface area contributed by atoms with Gasteiger partial charge in [0, 0.05) is 0 Å². The molecule has 0 aromatic heterocycles. The Bertz CT molecular complexity index is 501. The van der Waals surface area contributed by atoms with Crippen LogP contribution in [0.2, 0.25) is 0 Å². The molecule has 1 saturated carbocycles. The Morgan fingerprint density at radius 2 is 1.81 bits per heavy atom. The van der Waals surface area contributed by atoms with Gasteiger partial charge in [-0.2, -0.15) is 0 Å². The lowest BCUT2D eigenvalue weighted by Crippen LogP contribution is -2.18. The molecular formula is C11H13NO3S. The SMILES string of the molecule is CNS(=O)(=O)c1ccc(C2(C=O)CC2)cc1. The summed E-state index contributed by atoms with van der Waals surface area (Å²) in [7, 11) is -2.01. The highest BCUT2D eigenvalue weighted by Crippen LogP contribution is 2.46. The van der Waals surface area contributed by atoms with Crippen molar-refractivity contribution in [2.75, 3.05) is 7.05 Å². The zero-order valence-corrected chi connectivity index (χ0v) is 9.75. The number of sulfonamides is 1. The lowest BCUT2D eigenvalue weighted by atomic mass is 9.98. The van der Waals surface area contributed by atoms with E-state index in [0.717, 1.165) is 24.7 Å². The molecule has 0 bridgehead atoms. The van der Waals surface area contributed by atoms with E-state index in [1.165, 1.54) is 19.2 Å². The van der Waals surface area contributed by atoms with Crippen LogP contribution < -0.4 is 4.72 Å². The molecule has 0 unspecified atom stereocenters. The predicted molar refractivity (Wildman–Crippen MR) is 59.7 cm³/mol. The van der Waals surface area contributed by atoms with Crippen molar-refractivity contribution in [3.63, 3.8) is 0 Å². The first-order valence-electron chi connectivity index (χ1n) is 5.04. The molecule has 0 spiro atoms. The van der Waals surface area contributed by atoms with Crippen molar-refractivity contribution >= 4 is 16.3 Å². The first kappa shape index (κ1) is 11.3. The molecule has 0 heterocycles. The number of aldehydes is 1. The zero-order chi connectivity index (χ0) is 11.8. The van der Waals surface area contributed by atoms with Gasteiger partial charge in [0.05, 0.1) is 10.3 Å². The van der Waals surface area contributed by atoms with Crippen LogP contribution >= 0.6 is 0 Å². The van der Waals surface area contributed by atoms with E-state index < -0.39 is 10.0 Å². The highest BCUT2D eigenvalue weighted by Gasteiger charge is 2.44. The summed E-state index contributed by atoms with van der Waals surface area (Å²) in [5, 5.41) is 0. The zero-order valence-electron chi connectivity index (χ0n) is 8.93. The van der Waals surface area contributed by atoms with Gasteiger partial charge in [-0.05, 0) is 37.6 Å². The van der Waals surface area contributed by atoms with Gasteiger partial charge >= 0.3 is 0 Å². The highest BCUT2D eigenvalue weighted by molar-refractivity contribution is 7.89. The molecule has 5 heteroatoms. The number of rotatable bonds is 4. The van der Waals surface area contributed by atoms with Crippen LogP contribution in [0.4, 0.5) is 0 Å². The molecule has 0 amide bonds. The van der Waals surface area contributed by atoms with Crippen molar-refractivity contribution in [1.82, 2.24) is 4.72 Å². The van der Waals surface area contributed by atoms with E-state index in [1.54, 1.807) is 12.1 Å². The van der Waals surface area contributed by atoms with Crippen LogP contribution in [0.25, 0.3) is 0 Å². The van der Waals surface area contributed by atoms with Crippen molar-refractivity contribution in [2.45, 2.75) is 23.2 Å². The number of carbonyl (C=O) groups excluding carboxylic acids is 1. The van der Waals surface area contributed by atoms with Gasteiger partial charge in [0.1, 0.15) is 6.29 Å². The minimum atomic E-state index is -3.39. The topological polar surface area (TPSA) is 63.2 Å². The maximum atomic E-state index is 11.5. The summed E-state index contributed by atoms with van der Waals surface area (Å²) < 4.78 is 25.2. The van der Waals surface area contributed by atoms with E-state index in [1.807, 2.05) is 0 Å². The Morgan fingerprint density at radius 1 is 1.25 bits per heavy atom. The van der Waals surface area contributed by atoms with Crippen LogP contribution in [0.3, 0.4) is 0 Å². The Morgan fingerprint density at radius 3 is 2.19 bits per heavy atom. The monoisotopic (exact) mass is 239 g/mol. The van der Waals surface area contributed by atoms with Gasteiger partial charge in [0.15, 0.2) is 0 Å².